The normalized spacial score (nSPS) is 11.1. The van der Waals surface area contributed by atoms with Crippen molar-refractivity contribution in [2.45, 2.75) is 11.8 Å². The second-order valence-corrected chi connectivity index (χ2v) is 6.70. The van der Waals surface area contributed by atoms with Gasteiger partial charge in [-0.25, -0.2) is 4.79 Å². The van der Waals surface area contributed by atoms with Crippen LogP contribution in [0.5, 0.6) is 5.75 Å². The number of carboxylic acids is 1. The van der Waals surface area contributed by atoms with E-state index in [1.807, 2.05) is 6.92 Å². The minimum absolute atomic E-state index is 0.000674. The van der Waals surface area contributed by atoms with Crippen LogP contribution in [0, 0.1) is 6.92 Å². The Hall–Kier alpha value is -1.86. The van der Waals surface area contributed by atoms with E-state index >= 15 is 0 Å². The number of benzene rings is 2. The van der Waals surface area contributed by atoms with Gasteiger partial charge in [-0.2, -0.15) is 8.42 Å². The lowest BCUT2D eigenvalue weighted by Gasteiger charge is -2.09. The Labute approximate surface area is 130 Å². The van der Waals surface area contributed by atoms with E-state index in [0.717, 1.165) is 11.6 Å². The molecule has 0 radical (unpaired) electrons. The quantitative estimate of drug-likeness (QED) is 0.835. The molecule has 2 aromatic rings. The zero-order valence-corrected chi connectivity index (χ0v) is 13.3. The van der Waals surface area contributed by atoms with Crippen molar-refractivity contribution in [2.75, 3.05) is 0 Å². The van der Waals surface area contributed by atoms with Crippen molar-refractivity contribution in [1.82, 2.24) is 0 Å². The van der Waals surface area contributed by atoms with Gasteiger partial charge in [0, 0.05) is 0 Å². The van der Waals surface area contributed by atoms with E-state index < -0.39 is 16.1 Å². The first-order valence-electron chi connectivity index (χ1n) is 5.83. The van der Waals surface area contributed by atoms with Crippen LogP contribution in [0.3, 0.4) is 0 Å². The van der Waals surface area contributed by atoms with Crippen LogP contribution >= 0.6 is 15.9 Å². The van der Waals surface area contributed by atoms with Gasteiger partial charge in [-0.3, -0.25) is 0 Å². The summed E-state index contributed by atoms with van der Waals surface area (Å²) in [7, 11) is -4.02. The van der Waals surface area contributed by atoms with E-state index in [1.165, 1.54) is 24.3 Å². The van der Waals surface area contributed by atoms with Crippen LogP contribution in [0.2, 0.25) is 0 Å². The van der Waals surface area contributed by atoms with Gasteiger partial charge in [0.2, 0.25) is 0 Å². The Bertz CT molecular complexity index is 782. The van der Waals surface area contributed by atoms with E-state index in [9.17, 15) is 13.2 Å². The highest BCUT2D eigenvalue weighted by Crippen LogP contribution is 2.29. The Morgan fingerprint density at radius 2 is 1.76 bits per heavy atom. The minimum atomic E-state index is -4.02. The summed E-state index contributed by atoms with van der Waals surface area (Å²) >= 11 is 3.13. The highest BCUT2D eigenvalue weighted by Gasteiger charge is 2.19. The summed E-state index contributed by atoms with van der Waals surface area (Å²) in [4.78, 5) is 10.9. The van der Waals surface area contributed by atoms with Crippen LogP contribution in [0.25, 0.3) is 0 Å². The van der Waals surface area contributed by atoms with E-state index in [4.69, 9.17) is 9.29 Å². The highest BCUT2D eigenvalue weighted by atomic mass is 79.9. The second kappa shape index (κ2) is 5.87. The first kappa shape index (κ1) is 15.5. The Morgan fingerprint density at radius 1 is 1.14 bits per heavy atom. The average molecular weight is 371 g/mol. The monoisotopic (exact) mass is 370 g/mol. The number of rotatable bonds is 4. The molecule has 0 heterocycles. The Balaban J connectivity index is 2.38. The van der Waals surface area contributed by atoms with E-state index in [-0.39, 0.29) is 16.2 Å². The number of aromatic carboxylic acids is 1. The molecule has 2 rings (SSSR count). The summed E-state index contributed by atoms with van der Waals surface area (Å²) in [6.07, 6.45) is 0. The van der Waals surface area contributed by atoms with Crippen LogP contribution in [0.4, 0.5) is 0 Å². The molecule has 0 spiro atoms. The smallest absolute Gasteiger partial charge is 0.339 e. The molecule has 110 valence electrons. The second-order valence-electron chi connectivity index (χ2n) is 4.30. The number of hydrogen-bond donors (Lipinski definition) is 1. The van der Waals surface area contributed by atoms with Gasteiger partial charge in [0.1, 0.15) is 4.90 Å². The molecule has 1 N–H and O–H groups in total. The largest absolute Gasteiger partial charge is 0.478 e. The maximum absolute atomic E-state index is 12.2. The van der Waals surface area contributed by atoms with Crippen LogP contribution in [0.15, 0.2) is 51.8 Å². The molecule has 0 saturated carbocycles. The predicted molar refractivity (Wildman–Crippen MR) is 80.1 cm³/mol. The molecule has 2 aromatic carbocycles. The van der Waals surface area contributed by atoms with Gasteiger partial charge in [0.15, 0.2) is 5.75 Å². The summed E-state index contributed by atoms with van der Waals surface area (Å²) < 4.78 is 29.7. The van der Waals surface area contributed by atoms with E-state index in [1.54, 1.807) is 12.1 Å². The first-order valence-corrected chi connectivity index (χ1v) is 8.04. The summed E-state index contributed by atoms with van der Waals surface area (Å²) in [5.41, 5.74) is 0.857. The van der Waals surface area contributed by atoms with Gasteiger partial charge in [-0.05, 0) is 53.2 Å². The Morgan fingerprint density at radius 3 is 2.33 bits per heavy atom. The molecule has 0 saturated heterocycles. The van der Waals surface area contributed by atoms with Crippen molar-refractivity contribution in [3.8, 4) is 5.75 Å². The molecule has 21 heavy (non-hydrogen) atoms. The number of hydrogen-bond acceptors (Lipinski definition) is 4. The minimum Gasteiger partial charge on any atom is -0.478 e. The molecule has 0 fully saturated rings. The van der Waals surface area contributed by atoms with Crippen LogP contribution in [0.1, 0.15) is 15.9 Å². The van der Waals surface area contributed by atoms with Crippen molar-refractivity contribution in [1.29, 1.82) is 0 Å². The van der Waals surface area contributed by atoms with Crippen molar-refractivity contribution < 1.29 is 22.5 Å². The standard InChI is InChI=1S/C14H11BrO5S/c1-9-2-5-11(6-3-9)21(18,19)20-13-8-10(14(16)17)4-7-12(13)15/h2-8H,1H3,(H,16,17). The number of halogens is 1. The van der Waals surface area contributed by atoms with Gasteiger partial charge in [-0.15, -0.1) is 0 Å². The third-order valence-corrected chi connectivity index (χ3v) is 4.59. The molecule has 0 unspecified atom stereocenters. The van der Waals surface area contributed by atoms with Gasteiger partial charge in [0.05, 0.1) is 10.0 Å². The fourth-order valence-electron chi connectivity index (χ4n) is 1.57. The summed E-state index contributed by atoms with van der Waals surface area (Å²) in [5, 5.41) is 8.93. The van der Waals surface area contributed by atoms with Gasteiger partial charge in [-0.1, -0.05) is 17.7 Å². The lowest BCUT2D eigenvalue weighted by molar-refractivity contribution is 0.0696. The van der Waals surface area contributed by atoms with Crippen LogP contribution in [-0.4, -0.2) is 19.5 Å². The van der Waals surface area contributed by atoms with E-state index in [2.05, 4.69) is 15.9 Å². The van der Waals surface area contributed by atoms with Crippen molar-refractivity contribution in [2.24, 2.45) is 0 Å². The fraction of sp³-hybridized carbons (Fsp3) is 0.0714. The molecule has 0 atom stereocenters. The zero-order valence-electron chi connectivity index (χ0n) is 10.9. The molecule has 5 nitrogen and oxygen atoms in total. The molecular weight excluding hydrogens is 360 g/mol. The van der Waals surface area contributed by atoms with Crippen molar-refractivity contribution >= 4 is 32.0 Å². The molecule has 0 aromatic heterocycles. The molecule has 7 heteroatoms. The SMILES string of the molecule is Cc1ccc(S(=O)(=O)Oc2cc(C(=O)O)ccc2Br)cc1. The summed E-state index contributed by atoms with van der Waals surface area (Å²) in [6.45, 7) is 1.84. The molecule has 0 aliphatic carbocycles. The first-order chi connectivity index (χ1) is 9.79. The van der Waals surface area contributed by atoms with Crippen molar-refractivity contribution in [3.05, 3.63) is 58.1 Å². The number of aryl methyl sites for hydroxylation is 1. The van der Waals surface area contributed by atoms with Gasteiger partial charge in [0.25, 0.3) is 0 Å². The predicted octanol–water partition coefficient (Wildman–Crippen LogP) is 3.22. The lowest BCUT2D eigenvalue weighted by atomic mass is 10.2. The third-order valence-electron chi connectivity index (χ3n) is 2.69. The molecule has 0 amide bonds. The molecule has 0 aliphatic heterocycles. The maximum atomic E-state index is 12.2. The van der Waals surface area contributed by atoms with Gasteiger partial charge >= 0.3 is 16.1 Å². The number of carbonyl (C=O) groups is 1. The fourth-order valence-corrected chi connectivity index (χ4v) is 2.95. The zero-order chi connectivity index (χ0) is 15.6. The molecule has 0 bridgehead atoms. The highest BCUT2D eigenvalue weighted by molar-refractivity contribution is 9.10. The Kier molecular flexibility index (Phi) is 4.34. The van der Waals surface area contributed by atoms with Crippen LogP contribution in [-0.2, 0) is 10.1 Å². The summed E-state index contributed by atoms with van der Waals surface area (Å²) in [6, 6.07) is 10.1. The molecular formula is C14H11BrO5S. The summed E-state index contributed by atoms with van der Waals surface area (Å²) in [5.74, 6) is -1.24. The topological polar surface area (TPSA) is 80.7 Å². The molecule has 0 aliphatic rings. The average Bonchev–Trinajstić information content (AvgIpc) is 2.41. The van der Waals surface area contributed by atoms with Crippen molar-refractivity contribution in [3.63, 3.8) is 0 Å². The van der Waals surface area contributed by atoms with Gasteiger partial charge < -0.3 is 9.29 Å². The van der Waals surface area contributed by atoms with Crippen LogP contribution < -0.4 is 4.18 Å². The van der Waals surface area contributed by atoms with E-state index in [0.29, 0.717) is 4.47 Å². The lowest BCUT2D eigenvalue weighted by Crippen LogP contribution is -2.10. The number of carboxylic acid groups (broad SMARTS) is 1. The maximum Gasteiger partial charge on any atom is 0.339 e. The third kappa shape index (κ3) is 3.62.